The molecule has 0 unspecified atom stereocenters. The maximum Gasteiger partial charge on any atom is 0.410 e. The van der Waals surface area contributed by atoms with Gasteiger partial charge < -0.3 is 15.0 Å². The van der Waals surface area contributed by atoms with E-state index in [1.54, 1.807) is 4.90 Å². The zero-order valence-corrected chi connectivity index (χ0v) is 16.8. The molecule has 0 spiro atoms. The van der Waals surface area contributed by atoms with E-state index >= 15 is 0 Å². The lowest BCUT2D eigenvalue weighted by Gasteiger charge is -2.30. The van der Waals surface area contributed by atoms with Gasteiger partial charge in [-0.25, -0.2) is 4.79 Å². The maximum atomic E-state index is 12.2. The summed E-state index contributed by atoms with van der Waals surface area (Å²) in [4.78, 5) is 13.9. The van der Waals surface area contributed by atoms with Crippen molar-refractivity contribution in [2.75, 3.05) is 13.1 Å². The van der Waals surface area contributed by atoms with Crippen molar-refractivity contribution in [3.63, 3.8) is 0 Å². The Morgan fingerprint density at radius 1 is 1.39 bits per heavy atom. The van der Waals surface area contributed by atoms with Crippen LogP contribution in [0, 0.1) is 0 Å². The third kappa shape index (κ3) is 7.55. The van der Waals surface area contributed by atoms with Crippen LogP contribution in [-0.4, -0.2) is 35.7 Å². The molecule has 0 saturated carbocycles. The number of benzene rings is 1. The predicted octanol–water partition coefficient (Wildman–Crippen LogP) is 4.84. The molecule has 0 radical (unpaired) electrons. The van der Waals surface area contributed by atoms with Crippen LogP contribution >= 0.6 is 27.5 Å². The second-order valence-corrected chi connectivity index (χ2v) is 8.00. The summed E-state index contributed by atoms with van der Waals surface area (Å²) in [6, 6.07) is 5.90. The number of carbonyl (C=O) groups is 1. The summed E-state index contributed by atoms with van der Waals surface area (Å²) >= 11 is 9.58. The van der Waals surface area contributed by atoms with Crippen LogP contribution in [0.15, 0.2) is 22.7 Å². The second kappa shape index (κ2) is 8.90. The molecule has 0 bridgehead atoms. The van der Waals surface area contributed by atoms with Gasteiger partial charge in [-0.1, -0.05) is 33.6 Å². The average Bonchev–Trinajstić information content (AvgIpc) is 2.38. The molecular weight excluding hydrogens is 380 g/mol. The molecule has 0 heterocycles. The van der Waals surface area contributed by atoms with Crippen LogP contribution in [0.4, 0.5) is 4.79 Å². The fourth-order valence-electron chi connectivity index (χ4n) is 1.97. The van der Waals surface area contributed by atoms with E-state index in [4.69, 9.17) is 16.3 Å². The molecule has 1 amide bonds. The van der Waals surface area contributed by atoms with E-state index < -0.39 is 5.60 Å². The molecule has 0 saturated heterocycles. The molecule has 0 aliphatic heterocycles. The van der Waals surface area contributed by atoms with Crippen LogP contribution in [-0.2, 0) is 11.3 Å². The molecule has 0 fully saturated rings. The van der Waals surface area contributed by atoms with Gasteiger partial charge in [0.15, 0.2) is 0 Å². The van der Waals surface area contributed by atoms with Crippen molar-refractivity contribution < 1.29 is 9.53 Å². The third-order valence-electron chi connectivity index (χ3n) is 3.11. The van der Waals surface area contributed by atoms with Gasteiger partial charge in [-0.05, 0) is 52.3 Å². The highest BCUT2D eigenvalue weighted by atomic mass is 79.9. The van der Waals surface area contributed by atoms with Gasteiger partial charge in [-0.3, -0.25) is 0 Å². The highest BCUT2D eigenvalue weighted by molar-refractivity contribution is 9.10. The maximum absolute atomic E-state index is 12.2. The molecule has 0 aliphatic rings. The van der Waals surface area contributed by atoms with E-state index in [0.717, 1.165) is 15.1 Å². The monoisotopic (exact) mass is 404 g/mol. The van der Waals surface area contributed by atoms with Crippen LogP contribution in [0.5, 0.6) is 0 Å². The van der Waals surface area contributed by atoms with Gasteiger partial charge in [-0.15, -0.1) is 0 Å². The minimum absolute atomic E-state index is 0.0860. The number of nitrogens with zero attached hydrogens (tertiary/aromatic N) is 1. The van der Waals surface area contributed by atoms with Gasteiger partial charge in [0, 0.05) is 35.2 Å². The number of amides is 1. The number of halogens is 2. The van der Waals surface area contributed by atoms with Crippen molar-refractivity contribution >= 4 is 33.6 Å². The van der Waals surface area contributed by atoms with Crippen LogP contribution < -0.4 is 5.32 Å². The first-order valence-electron chi connectivity index (χ1n) is 7.74. The average molecular weight is 406 g/mol. The van der Waals surface area contributed by atoms with Gasteiger partial charge >= 0.3 is 6.09 Å². The van der Waals surface area contributed by atoms with E-state index in [0.29, 0.717) is 19.6 Å². The summed E-state index contributed by atoms with van der Waals surface area (Å²) in [5.74, 6) is 0. The molecule has 4 nitrogen and oxygen atoms in total. The highest BCUT2D eigenvalue weighted by Gasteiger charge is 2.23. The first kappa shape index (κ1) is 20.3. The number of carbonyl (C=O) groups excluding carboxylic acids is 1. The van der Waals surface area contributed by atoms with Crippen LogP contribution in [0.25, 0.3) is 0 Å². The zero-order valence-electron chi connectivity index (χ0n) is 14.5. The molecule has 130 valence electrons. The van der Waals surface area contributed by atoms with Crippen molar-refractivity contribution in [3.05, 3.63) is 33.3 Å². The van der Waals surface area contributed by atoms with Crippen LogP contribution in [0.3, 0.4) is 0 Å². The number of ether oxygens (including phenoxy) is 1. The fourth-order valence-corrected chi connectivity index (χ4v) is 2.71. The summed E-state index contributed by atoms with van der Waals surface area (Å²) in [7, 11) is 0. The van der Waals surface area contributed by atoms with E-state index in [1.165, 1.54) is 0 Å². The minimum atomic E-state index is -0.484. The first-order valence-corrected chi connectivity index (χ1v) is 8.91. The summed E-state index contributed by atoms with van der Waals surface area (Å²) in [6.45, 7) is 11.5. The Hall–Kier alpha value is -0.780. The predicted molar refractivity (Wildman–Crippen MR) is 98.9 cm³/mol. The normalized spacial score (nSPS) is 11.7. The van der Waals surface area contributed by atoms with Crippen LogP contribution in [0.2, 0.25) is 5.02 Å². The Balaban J connectivity index is 2.48. The van der Waals surface area contributed by atoms with Gasteiger partial charge in [0.25, 0.3) is 0 Å². The van der Waals surface area contributed by atoms with Crippen LogP contribution in [0.1, 0.15) is 40.2 Å². The summed E-state index contributed by atoms with van der Waals surface area (Å²) < 4.78 is 6.40. The molecule has 23 heavy (non-hydrogen) atoms. The lowest BCUT2D eigenvalue weighted by molar-refractivity contribution is 0.0193. The summed E-state index contributed by atoms with van der Waals surface area (Å²) in [5, 5.41) is 4.04. The van der Waals surface area contributed by atoms with E-state index in [-0.39, 0.29) is 12.1 Å². The number of nitrogens with one attached hydrogen (secondary N) is 1. The van der Waals surface area contributed by atoms with Gasteiger partial charge in [-0.2, -0.15) is 0 Å². The van der Waals surface area contributed by atoms with E-state index in [1.807, 2.05) is 52.8 Å². The smallest absolute Gasteiger partial charge is 0.410 e. The third-order valence-corrected chi connectivity index (χ3v) is 3.96. The Bertz CT molecular complexity index is 530. The van der Waals surface area contributed by atoms with Gasteiger partial charge in [0.1, 0.15) is 5.60 Å². The molecular formula is C17H26BrClN2O2. The molecule has 0 aliphatic carbocycles. The van der Waals surface area contributed by atoms with Crippen molar-refractivity contribution in [1.82, 2.24) is 10.2 Å². The number of hydrogen-bond acceptors (Lipinski definition) is 3. The largest absolute Gasteiger partial charge is 0.444 e. The summed E-state index contributed by atoms with van der Waals surface area (Å²) in [6.07, 6.45) is -0.282. The van der Waals surface area contributed by atoms with Crippen molar-refractivity contribution in [2.45, 2.75) is 52.8 Å². The molecule has 0 aromatic heterocycles. The minimum Gasteiger partial charge on any atom is -0.444 e. The Morgan fingerprint density at radius 3 is 2.57 bits per heavy atom. The van der Waals surface area contributed by atoms with Gasteiger partial charge in [0.05, 0.1) is 0 Å². The Labute approximate surface area is 152 Å². The van der Waals surface area contributed by atoms with Crippen molar-refractivity contribution in [2.24, 2.45) is 0 Å². The van der Waals surface area contributed by atoms with Crippen molar-refractivity contribution in [3.8, 4) is 0 Å². The molecule has 1 aromatic rings. The lowest BCUT2D eigenvalue weighted by atomic mass is 10.2. The second-order valence-electron chi connectivity index (χ2n) is 6.68. The molecule has 1 N–H and O–H groups in total. The first-order chi connectivity index (χ1) is 10.6. The zero-order chi connectivity index (χ0) is 17.6. The summed E-state index contributed by atoms with van der Waals surface area (Å²) in [5.41, 5.74) is 0.547. The topological polar surface area (TPSA) is 41.6 Å². The standard InChI is InChI=1S/C17H26BrClN2O2/c1-12(2)21(16(22)23-17(3,4)5)9-8-20-11-13-6-7-14(18)10-15(13)19/h6-7,10,12,20H,8-9,11H2,1-5H3. The SMILES string of the molecule is CC(C)N(CCNCc1ccc(Br)cc1Cl)C(=O)OC(C)(C)C. The van der Waals surface area contributed by atoms with Gasteiger partial charge in [0.2, 0.25) is 0 Å². The molecule has 1 rings (SSSR count). The fraction of sp³-hybridized carbons (Fsp3) is 0.588. The molecule has 1 aromatic carbocycles. The Morgan fingerprint density at radius 2 is 2.04 bits per heavy atom. The lowest BCUT2D eigenvalue weighted by Crippen LogP contribution is -2.44. The number of hydrogen-bond donors (Lipinski definition) is 1. The molecule has 0 atom stereocenters. The van der Waals surface area contributed by atoms with E-state index in [2.05, 4.69) is 21.2 Å². The van der Waals surface area contributed by atoms with Crippen molar-refractivity contribution in [1.29, 1.82) is 0 Å². The molecule has 6 heteroatoms. The van der Waals surface area contributed by atoms with E-state index in [9.17, 15) is 4.79 Å². The quantitative estimate of drug-likeness (QED) is 0.689. The number of rotatable bonds is 6. The Kier molecular flexibility index (Phi) is 7.84. The highest BCUT2D eigenvalue weighted by Crippen LogP contribution is 2.21.